The van der Waals surface area contributed by atoms with Crippen LogP contribution >= 0.6 is 0 Å². The topological polar surface area (TPSA) is 96.2 Å². The second-order valence-electron chi connectivity index (χ2n) is 4.67. The van der Waals surface area contributed by atoms with Gasteiger partial charge >= 0.3 is 0 Å². The average molecular weight is 266 g/mol. The van der Waals surface area contributed by atoms with Crippen molar-refractivity contribution in [2.75, 3.05) is 26.1 Å². The van der Waals surface area contributed by atoms with Crippen LogP contribution in [0.2, 0.25) is 0 Å². The van der Waals surface area contributed by atoms with Crippen LogP contribution in [0.1, 0.15) is 18.4 Å². The van der Waals surface area contributed by atoms with Crippen molar-refractivity contribution in [3.8, 4) is 0 Å². The fourth-order valence-electron chi connectivity index (χ4n) is 1.88. The molecule has 1 aromatic heterocycles. The quantitative estimate of drug-likeness (QED) is 0.491. The van der Waals surface area contributed by atoms with Gasteiger partial charge in [0, 0.05) is 31.3 Å². The molecule has 0 saturated heterocycles. The maximum Gasteiger partial charge on any atom is 0.223 e. The maximum atomic E-state index is 11.5. The third-order valence-corrected chi connectivity index (χ3v) is 2.74. The number of hydrogen-bond acceptors (Lipinski definition) is 6. The predicted molar refractivity (Wildman–Crippen MR) is 74.1 cm³/mol. The van der Waals surface area contributed by atoms with E-state index >= 15 is 0 Å². The molecule has 0 aromatic carbocycles. The Labute approximate surface area is 113 Å². The Bertz CT molecular complexity index is 436. The second-order valence-corrected chi connectivity index (χ2v) is 4.67. The summed E-state index contributed by atoms with van der Waals surface area (Å²) in [5, 5.41) is 2.64. The summed E-state index contributed by atoms with van der Waals surface area (Å²) in [5.41, 5.74) is 3.37. The van der Waals surface area contributed by atoms with Crippen molar-refractivity contribution >= 4 is 11.7 Å². The van der Waals surface area contributed by atoms with E-state index in [-0.39, 0.29) is 11.8 Å². The number of carbonyl (C=O) groups excluding carboxylic acids is 1. The Kier molecular flexibility index (Phi) is 5.65. The molecule has 0 aliphatic heterocycles. The number of hydrogen-bond donors (Lipinski definition) is 3. The lowest BCUT2D eigenvalue weighted by Gasteiger charge is -2.19. The number of carbonyl (C=O) groups is 1. The molecule has 1 heterocycles. The van der Waals surface area contributed by atoms with Crippen LogP contribution in [-0.2, 0) is 11.3 Å². The molecule has 1 atom stereocenters. The van der Waals surface area contributed by atoms with Gasteiger partial charge in [-0.3, -0.25) is 9.69 Å². The summed E-state index contributed by atoms with van der Waals surface area (Å²) in [7, 11) is 3.57. The van der Waals surface area contributed by atoms with E-state index in [9.17, 15) is 4.79 Å². The van der Waals surface area contributed by atoms with Gasteiger partial charge in [0.2, 0.25) is 5.91 Å². The van der Waals surface area contributed by atoms with E-state index in [2.05, 4.69) is 20.7 Å². The number of nitrogens with two attached hydrogens (primary N) is 1. The molecule has 7 nitrogen and oxygen atoms in total. The molecule has 0 aliphatic carbocycles. The van der Waals surface area contributed by atoms with E-state index in [1.54, 1.807) is 13.1 Å². The number of anilines is 1. The number of nitrogen functional groups attached to an aromatic ring is 1. The molecule has 1 amide bonds. The molecule has 0 fully saturated rings. The molecule has 7 heteroatoms. The van der Waals surface area contributed by atoms with Gasteiger partial charge < -0.3 is 10.7 Å². The van der Waals surface area contributed by atoms with Crippen molar-refractivity contribution in [3.05, 3.63) is 17.6 Å². The van der Waals surface area contributed by atoms with Crippen molar-refractivity contribution < 1.29 is 4.79 Å². The van der Waals surface area contributed by atoms with E-state index < -0.39 is 0 Å². The number of nitrogens with zero attached hydrogens (tertiary/aromatic N) is 3. The third kappa shape index (κ3) is 4.80. The highest BCUT2D eigenvalue weighted by Gasteiger charge is 2.14. The van der Waals surface area contributed by atoms with E-state index in [4.69, 9.17) is 5.84 Å². The van der Waals surface area contributed by atoms with Gasteiger partial charge in [-0.25, -0.2) is 15.8 Å². The van der Waals surface area contributed by atoms with E-state index in [1.807, 2.05) is 25.8 Å². The summed E-state index contributed by atoms with van der Waals surface area (Å²) in [4.78, 5) is 22.1. The van der Waals surface area contributed by atoms with Crippen molar-refractivity contribution in [3.63, 3.8) is 0 Å². The zero-order valence-corrected chi connectivity index (χ0v) is 11.9. The highest BCUT2D eigenvalue weighted by atomic mass is 16.1. The fourth-order valence-corrected chi connectivity index (χ4v) is 1.88. The van der Waals surface area contributed by atoms with Crippen LogP contribution in [0.15, 0.2) is 6.07 Å². The number of rotatable bonds is 6. The Morgan fingerprint density at radius 2 is 2.21 bits per heavy atom. The highest BCUT2D eigenvalue weighted by Crippen LogP contribution is 2.07. The van der Waals surface area contributed by atoms with Crippen LogP contribution in [0.4, 0.5) is 5.82 Å². The van der Waals surface area contributed by atoms with Gasteiger partial charge in [-0.15, -0.1) is 0 Å². The van der Waals surface area contributed by atoms with Gasteiger partial charge in [-0.2, -0.15) is 0 Å². The molecule has 4 N–H and O–H groups in total. The standard InChI is InChI=1S/C12H22N6O/c1-8(12(19)14-3)6-18(4)7-11-15-9(2)5-10(16-11)17-13/h5,8H,6-7,13H2,1-4H3,(H,14,19)(H,15,16,17). The van der Waals surface area contributed by atoms with Crippen molar-refractivity contribution in [1.82, 2.24) is 20.2 Å². The molecule has 19 heavy (non-hydrogen) atoms. The molecule has 106 valence electrons. The minimum atomic E-state index is -0.0769. The summed E-state index contributed by atoms with van der Waals surface area (Å²) in [6.07, 6.45) is 0. The maximum absolute atomic E-state index is 11.5. The first-order valence-corrected chi connectivity index (χ1v) is 6.17. The summed E-state index contributed by atoms with van der Waals surface area (Å²) in [6, 6.07) is 1.77. The number of aromatic nitrogens is 2. The molecule has 0 saturated carbocycles. The van der Waals surface area contributed by atoms with Gasteiger partial charge in [-0.1, -0.05) is 6.92 Å². The SMILES string of the molecule is CNC(=O)C(C)CN(C)Cc1nc(C)cc(NN)n1. The minimum absolute atomic E-state index is 0.0290. The predicted octanol–water partition coefficient (Wildman–Crippen LogP) is -0.115. The number of hydrazine groups is 1. The molecule has 0 radical (unpaired) electrons. The Morgan fingerprint density at radius 1 is 1.53 bits per heavy atom. The zero-order chi connectivity index (χ0) is 14.4. The Hall–Kier alpha value is -1.73. The van der Waals surface area contributed by atoms with Gasteiger partial charge in [0.25, 0.3) is 0 Å². The summed E-state index contributed by atoms with van der Waals surface area (Å²) < 4.78 is 0. The second kappa shape index (κ2) is 7.01. The van der Waals surface area contributed by atoms with Crippen LogP contribution in [0, 0.1) is 12.8 Å². The average Bonchev–Trinajstić information content (AvgIpc) is 2.36. The van der Waals surface area contributed by atoms with Crippen LogP contribution in [0.5, 0.6) is 0 Å². The molecular formula is C12H22N6O. The molecule has 1 rings (SSSR count). The van der Waals surface area contributed by atoms with Crippen molar-refractivity contribution in [2.45, 2.75) is 20.4 Å². The lowest BCUT2D eigenvalue weighted by Crippen LogP contribution is -2.34. The van der Waals surface area contributed by atoms with Crippen molar-refractivity contribution in [2.24, 2.45) is 11.8 Å². The van der Waals surface area contributed by atoms with Crippen molar-refractivity contribution in [1.29, 1.82) is 0 Å². The molecule has 0 spiro atoms. The monoisotopic (exact) mass is 266 g/mol. The first-order chi connectivity index (χ1) is 8.96. The normalized spacial score (nSPS) is 12.3. The van der Waals surface area contributed by atoms with Gasteiger partial charge in [0.05, 0.1) is 6.54 Å². The van der Waals surface area contributed by atoms with Crippen LogP contribution in [-0.4, -0.2) is 41.4 Å². The lowest BCUT2D eigenvalue weighted by molar-refractivity contribution is -0.124. The van der Waals surface area contributed by atoms with Gasteiger partial charge in [-0.05, 0) is 14.0 Å². The fraction of sp³-hybridized carbons (Fsp3) is 0.583. The summed E-state index contributed by atoms with van der Waals surface area (Å²) in [5.74, 6) is 6.58. The van der Waals surface area contributed by atoms with E-state index in [1.165, 1.54) is 0 Å². The van der Waals surface area contributed by atoms with Crippen LogP contribution in [0.25, 0.3) is 0 Å². The van der Waals surface area contributed by atoms with Crippen LogP contribution in [0.3, 0.4) is 0 Å². The molecule has 1 unspecified atom stereocenters. The van der Waals surface area contributed by atoms with E-state index in [0.717, 1.165) is 5.69 Å². The summed E-state index contributed by atoms with van der Waals surface area (Å²) >= 11 is 0. The first kappa shape index (κ1) is 15.3. The minimum Gasteiger partial charge on any atom is -0.359 e. The first-order valence-electron chi connectivity index (χ1n) is 6.17. The number of aryl methyl sites for hydroxylation is 1. The van der Waals surface area contributed by atoms with Gasteiger partial charge in [0.15, 0.2) is 0 Å². The highest BCUT2D eigenvalue weighted by molar-refractivity contribution is 5.78. The molecule has 0 bridgehead atoms. The largest absolute Gasteiger partial charge is 0.359 e. The molecule has 0 aliphatic rings. The molecular weight excluding hydrogens is 244 g/mol. The smallest absolute Gasteiger partial charge is 0.223 e. The summed E-state index contributed by atoms with van der Waals surface area (Å²) in [6.45, 7) is 4.98. The number of nitrogens with one attached hydrogen (secondary N) is 2. The Balaban J connectivity index is 2.63. The Morgan fingerprint density at radius 3 is 2.79 bits per heavy atom. The molecule has 1 aromatic rings. The zero-order valence-electron chi connectivity index (χ0n) is 11.9. The number of amides is 1. The van der Waals surface area contributed by atoms with Gasteiger partial charge in [0.1, 0.15) is 11.6 Å². The van der Waals surface area contributed by atoms with E-state index in [0.29, 0.717) is 24.7 Å². The van der Waals surface area contributed by atoms with Crippen LogP contribution < -0.4 is 16.6 Å². The lowest BCUT2D eigenvalue weighted by atomic mass is 10.1. The third-order valence-electron chi connectivity index (χ3n) is 2.74.